The van der Waals surface area contributed by atoms with Gasteiger partial charge in [-0.2, -0.15) is 0 Å². The van der Waals surface area contributed by atoms with Crippen molar-refractivity contribution in [2.24, 2.45) is 5.73 Å². The molecule has 0 radical (unpaired) electrons. The molecule has 0 aromatic carbocycles. The van der Waals surface area contributed by atoms with Crippen molar-refractivity contribution >= 4 is 17.0 Å². The summed E-state index contributed by atoms with van der Waals surface area (Å²) in [5.74, 6) is 0.257. The lowest BCUT2D eigenvalue weighted by Crippen LogP contribution is -2.58. The third kappa shape index (κ3) is 1.62. The lowest BCUT2D eigenvalue weighted by molar-refractivity contribution is -0.153. The minimum atomic E-state index is -1.08. The maximum Gasteiger partial charge on any atom is 0.167 e. The van der Waals surface area contributed by atoms with E-state index in [2.05, 4.69) is 15.0 Å². The molecule has 1 saturated carbocycles. The van der Waals surface area contributed by atoms with E-state index in [0.29, 0.717) is 24.0 Å². The van der Waals surface area contributed by atoms with Crippen LogP contribution in [0.25, 0.3) is 11.2 Å². The van der Waals surface area contributed by atoms with Crippen LogP contribution in [0.15, 0.2) is 12.7 Å². The summed E-state index contributed by atoms with van der Waals surface area (Å²) in [7, 11) is 0. The Balaban J connectivity index is 1.74. The van der Waals surface area contributed by atoms with Crippen LogP contribution in [-0.2, 0) is 4.74 Å². The number of nitrogen functional groups attached to an aromatic ring is 1. The van der Waals surface area contributed by atoms with Gasteiger partial charge < -0.3 is 26.4 Å². The van der Waals surface area contributed by atoms with Gasteiger partial charge in [-0.1, -0.05) is 0 Å². The van der Waals surface area contributed by atoms with Gasteiger partial charge in [0.05, 0.1) is 6.33 Å². The number of hydrogen-bond donors (Lipinski definition) is 4. The van der Waals surface area contributed by atoms with Gasteiger partial charge in [-0.3, -0.25) is 4.57 Å². The topological polar surface area (TPSA) is 145 Å². The maximum atomic E-state index is 10.3. The van der Waals surface area contributed by atoms with E-state index in [9.17, 15) is 10.2 Å². The van der Waals surface area contributed by atoms with Crippen molar-refractivity contribution < 1.29 is 14.9 Å². The lowest BCUT2D eigenvalue weighted by atomic mass is 9.72. The Morgan fingerprint density at radius 3 is 2.76 bits per heavy atom. The number of hydrogen-bond acceptors (Lipinski definition) is 8. The zero-order chi connectivity index (χ0) is 14.8. The molecule has 2 fully saturated rings. The first-order valence-corrected chi connectivity index (χ1v) is 6.74. The molecule has 6 N–H and O–H groups in total. The van der Waals surface area contributed by atoms with E-state index in [1.54, 1.807) is 4.57 Å². The predicted octanol–water partition coefficient (Wildman–Crippen LogP) is -1.48. The summed E-state index contributed by atoms with van der Waals surface area (Å²) in [5.41, 5.74) is 11.6. The number of aliphatic hydroxyl groups excluding tert-OH is 2. The molecule has 2 aromatic rings. The summed E-state index contributed by atoms with van der Waals surface area (Å²) in [6, 6.07) is -0.0110. The smallest absolute Gasteiger partial charge is 0.167 e. The van der Waals surface area contributed by atoms with E-state index in [-0.39, 0.29) is 11.9 Å². The van der Waals surface area contributed by atoms with Gasteiger partial charge in [0.25, 0.3) is 0 Å². The summed E-state index contributed by atoms with van der Waals surface area (Å²) in [4.78, 5) is 12.1. The zero-order valence-corrected chi connectivity index (χ0v) is 11.1. The fourth-order valence-electron chi connectivity index (χ4n) is 3.29. The van der Waals surface area contributed by atoms with Crippen LogP contribution in [0.5, 0.6) is 0 Å². The number of rotatable bonds is 1. The number of aliphatic hydroxyl groups is 2. The second kappa shape index (κ2) is 4.10. The van der Waals surface area contributed by atoms with Crippen molar-refractivity contribution in [2.45, 2.75) is 42.9 Å². The first-order valence-electron chi connectivity index (χ1n) is 6.74. The summed E-state index contributed by atoms with van der Waals surface area (Å²) < 4.78 is 7.48. The highest BCUT2D eigenvalue weighted by atomic mass is 16.6. The van der Waals surface area contributed by atoms with Crippen LogP contribution >= 0.6 is 0 Å². The van der Waals surface area contributed by atoms with Crippen molar-refractivity contribution in [3.05, 3.63) is 12.7 Å². The molecule has 9 nitrogen and oxygen atoms in total. The monoisotopic (exact) mass is 292 g/mol. The number of imidazole rings is 1. The fourth-order valence-corrected chi connectivity index (χ4v) is 3.29. The van der Waals surface area contributed by atoms with Crippen LogP contribution in [0, 0.1) is 0 Å². The highest BCUT2D eigenvalue weighted by Gasteiger charge is 2.60. The first kappa shape index (κ1) is 12.9. The zero-order valence-electron chi connectivity index (χ0n) is 11.1. The fraction of sp³-hybridized carbons (Fsp3) is 0.583. The molecule has 0 bridgehead atoms. The molecule has 2 aliphatic rings. The number of fused-ring (bicyclic) bond motifs is 1. The number of aromatic nitrogens is 4. The van der Waals surface area contributed by atoms with Crippen LogP contribution in [0.2, 0.25) is 0 Å². The Labute approximate surface area is 119 Å². The number of nitrogens with zero attached hydrogens (tertiary/aromatic N) is 4. The van der Waals surface area contributed by atoms with Gasteiger partial charge in [0.2, 0.25) is 0 Å². The maximum absolute atomic E-state index is 10.3. The highest BCUT2D eigenvalue weighted by Crippen LogP contribution is 2.48. The van der Waals surface area contributed by atoms with Crippen LogP contribution < -0.4 is 11.5 Å². The molecule has 3 heterocycles. The average molecular weight is 292 g/mol. The molecule has 1 saturated heterocycles. The van der Waals surface area contributed by atoms with E-state index in [0.717, 1.165) is 0 Å². The van der Waals surface area contributed by atoms with E-state index < -0.39 is 24.0 Å². The second-order valence-corrected chi connectivity index (χ2v) is 5.76. The molecule has 112 valence electrons. The Kier molecular flexibility index (Phi) is 2.52. The van der Waals surface area contributed by atoms with Gasteiger partial charge in [0, 0.05) is 6.04 Å². The summed E-state index contributed by atoms with van der Waals surface area (Å²) >= 11 is 0. The molecule has 4 rings (SSSR count). The molecular formula is C12H16N6O3. The van der Waals surface area contributed by atoms with Crippen molar-refractivity contribution in [3.8, 4) is 0 Å². The lowest BCUT2D eigenvalue weighted by Gasteiger charge is -2.44. The standard InChI is InChI=1S/C12H16N6O3/c13-5-1-12(2-5)8(20)7(19)11(21-12)18-4-17-6-9(14)15-3-16-10(6)18/h3-5,7-8,11,19-20H,1-2,13H2,(H2,14,15,16)/t5?,7-,8+,11-,12?/m1/s1. The van der Waals surface area contributed by atoms with Crippen LogP contribution in [0.3, 0.4) is 0 Å². The van der Waals surface area contributed by atoms with E-state index in [4.69, 9.17) is 16.2 Å². The minimum absolute atomic E-state index is 0.0110. The second-order valence-electron chi connectivity index (χ2n) is 5.76. The molecule has 0 unspecified atom stereocenters. The van der Waals surface area contributed by atoms with Crippen molar-refractivity contribution in [2.75, 3.05) is 5.73 Å². The third-order valence-electron chi connectivity index (χ3n) is 4.39. The predicted molar refractivity (Wildman–Crippen MR) is 71.8 cm³/mol. The summed E-state index contributed by atoms with van der Waals surface area (Å²) in [5, 5.41) is 20.6. The molecule has 21 heavy (non-hydrogen) atoms. The quantitative estimate of drug-likeness (QED) is 0.498. The Morgan fingerprint density at radius 1 is 1.29 bits per heavy atom. The van der Waals surface area contributed by atoms with E-state index >= 15 is 0 Å². The van der Waals surface area contributed by atoms with Crippen LogP contribution in [-0.4, -0.2) is 53.6 Å². The van der Waals surface area contributed by atoms with Gasteiger partial charge in [0.15, 0.2) is 17.7 Å². The number of ether oxygens (including phenoxy) is 1. The van der Waals surface area contributed by atoms with Gasteiger partial charge >= 0.3 is 0 Å². The summed E-state index contributed by atoms with van der Waals surface area (Å²) in [6.07, 6.45) is 1.00. The average Bonchev–Trinajstić information content (AvgIpc) is 2.95. The van der Waals surface area contributed by atoms with Gasteiger partial charge in [-0.05, 0) is 12.8 Å². The highest BCUT2D eigenvalue weighted by molar-refractivity contribution is 5.81. The SMILES string of the molecule is Nc1ncnc2c1ncn2[C@@H]1OC2(CC(N)C2)[C@@H](O)[C@H]1O. The van der Waals surface area contributed by atoms with E-state index in [1.807, 2.05) is 0 Å². The van der Waals surface area contributed by atoms with Crippen LogP contribution in [0.1, 0.15) is 19.1 Å². The third-order valence-corrected chi connectivity index (χ3v) is 4.39. The van der Waals surface area contributed by atoms with Gasteiger partial charge in [-0.25, -0.2) is 15.0 Å². The molecule has 1 aliphatic carbocycles. The number of nitrogens with two attached hydrogens (primary N) is 2. The van der Waals surface area contributed by atoms with Crippen molar-refractivity contribution in [3.63, 3.8) is 0 Å². The Morgan fingerprint density at radius 2 is 2.05 bits per heavy atom. The summed E-state index contributed by atoms with van der Waals surface area (Å²) in [6.45, 7) is 0. The first-order chi connectivity index (χ1) is 10.0. The molecule has 1 spiro atoms. The molecule has 1 aliphatic heterocycles. The van der Waals surface area contributed by atoms with Crippen LogP contribution in [0.4, 0.5) is 5.82 Å². The molecule has 0 amide bonds. The minimum Gasteiger partial charge on any atom is -0.387 e. The molecule has 9 heteroatoms. The van der Waals surface area contributed by atoms with Crippen molar-refractivity contribution in [1.82, 2.24) is 19.5 Å². The molecular weight excluding hydrogens is 276 g/mol. The largest absolute Gasteiger partial charge is 0.387 e. The normalized spacial score (nSPS) is 39.0. The molecule has 2 aromatic heterocycles. The van der Waals surface area contributed by atoms with Gasteiger partial charge in [-0.15, -0.1) is 0 Å². The van der Waals surface area contributed by atoms with Crippen molar-refractivity contribution in [1.29, 1.82) is 0 Å². The van der Waals surface area contributed by atoms with Gasteiger partial charge in [0.1, 0.15) is 29.7 Å². The Hall–Kier alpha value is -1.81. The van der Waals surface area contributed by atoms with E-state index in [1.165, 1.54) is 12.7 Å². The Bertz CT molecular complexity index is 697. The molecule has 3 atom stereocenters. The number of anilines is 1.